The van der Waals surface area contributed by atoms with E-state index in [1.54, 1.807) is 20.8 Å². The maximum atomic E-state index is 13.7. The number of aryl methyl sites for hydroxylation is 1. The van der Waals surface area contributed by atoms with Crippen LogP contribution >= 0.6 is 15.9 Å². The van der Waals surface area contributed by atoms with Crippen LogP contribution in [0.25, 0.3) is 0 Å². The summed E-state index contributed by atoms with van der Waals surface area (Å²) in [6, 6.07) is 1.53. The lowest BCUT2D eigenvalue weighted by Gasteiger charge is -2.22. The smallest absolute Gasteiger partial charge is 0.137 e. The van der Waals surface area contributed by atoms with E-state index in [4.69, 9.17) is 5.73 Å². The van der Waals surface area contributed by atoms with Gasteiger partial charge in [0.1, 0.15) is 11.6 Å². The summed E-state index contributed by atoms with van der Waals surface area (Å²) in [5.74, 6) is -0.571. The normalized spacial score (nSPS) is 11.9. The predicted molar refractivity (Wildman–Crippen MR) is 57.7 cm³/mol. The standard InChI is InChI=1S/C10H13BrFNO/c1-5-4-6(11)9(14)7(8(5)12)10(2,3)13/h4,14H,13H2,1-3H3. The van der Waals surface area contributed by atoms with E-state index < -0.39 is 11.4 Å². The van der Waals surface area contributed by atoms with Crippen LogP contribution in [-0.2, 0) is 5.54 Å². The fraction of sp³-hybridized carbons (Fsp3) is 0.400. The molecule has 0 bridgehead atoms. The van der Waals surface area contributed by atoms with Gasteiger partial charge in [-0.1, -0.05) is 0 Å². The van der Waals surface area contributed by atoms with Crippen molar-refractivity contribution >= 4 is 15.9 Å². The van der Waals surface area contributed by atoms with Crippen molar-refractivity contribution in [3.05, 3.63) is 27.5 Å². The third-order valence-electron chi connectivity index (χ3n) is 2.02. The van der Waals surface area contributed by atoms with Gasteiger partial charge in [-0.2, -0.15) is 0 Å². The van der Waals surface area contributed by atoms with Gasteiger partial charge in [0.2, 0.25) is 0 Å². The second-order valence-electron chi connectivity index (χ2n) is 3.93. The number of phenolic OH excluding ortho intramolecular Hbond substituents is 1. The van der Waals surface area contributed by atoms with Gasteiger partial charge in [-0.15, -0.1) is 0 Å². The highest BCUT2D eigenvalue weighted by atomic mass is 79.9. The molecule has 14 heavy (non-hydrogen) atoms. The number of nitrogens with two attached hydrogens (primary N) is 1. The van der Waals surface area contributed by atoms with Crippen molar-refractivity contribution in [2.24, 2.45) is 5.73 Å². The number of benzene rings is 1. The molecule has 1 aromatic rings. The second kappa shape index (κ2) is 3.51. The van der Waals surface area contributed by atoms with Crippen molar-refractivity contribution in [2.45, 2.75) is 26.3 Å². The molecule has 4 heteroatoms. The van der Waals surface area contributed by atoms with Crippen LogP contribution in [0.15, 0.2) is 10.5 Å². The van der Waals surface area contributed by atoms with Crippen molar-refractivity contribution in [3.63, 3.8) is 0 Å². The molecule has 0 unspecified atom stereocenters. The van der Waals surface area contributed by atoms with Crippen LogP contribution in [0.5, 0.6) is 5.75 Å². The summed E-state index contributed by atoms with van der Waals surface area (Å²) in [5.41, 5.74) is 5.48. The summed E-state index contributed by atoms with van der Waals surface area (Å²) < 4.78 is 14.1. The van der Waals surface area contributed by atoms with Gasteiger partial charge >= 0.3 is 0 Å². The minimum absolute atomic E-state index is 0.124. The third kappa shape index (κ3) is 1.91. The number of phenols is 1. The number of halogens is 2. The van der Waals surface area contributed by atoms with Gasteiger partial charge in [0.25, 0.3) is 0 Å². The predicted octanol–water partition coefficient (Wildman–Crippen LogP) is 2.80. The quantitative estimate of drug-likeness (QED) is 0.817. The van der Waals surface area contributed by atoms with E-state index in [-0.39, 0.29) is 11.3 Å². The van der Waals surface area contributed by atoms with Crippen molar-refractivity contribution in [1.29, 1.82) is 0 Å². The Balaban J connectivity index is 3.56. The lowest BCUT2D eigenvalue weighted by Crippen LogP contribution is -2.30. The average molecular weight is 262 g/mol. The molecule has 78 valence electrons. The van der Waals surface area contributed by atoms with Gasteiger partial charge < -0.3 is 10.8 Å². The van der Waals surface area contributed by atoms with Crippen LogP contribution in [0, 0.1) is 12.7 Å². The van der Waals surface area contributed by atoms with E-state index in [1.807, 2.05) is 0 Å². The van der Waals surface area contributed by atoms with E-state index in [0.29, 0.717) is 10.0 Å². The summed E-state index contributed by atoms with van der Waals surface area (Å²) in [7, 11) is 0. The van der Waals surface area contributed by atoms with Crippen LogP contribution < -0.4 is 5.73 Å². The maximum absolute atomic E-state index is 13.7. The first-order chi connectivity index (χ1) is 6.25. The van der Waals surface area contributed by atoms with E-state index >= 15 is 0 Å². The van der Waals surface area contributed by atoms with Crippen LogP contribution in [-0.4, -0.2) is 5.11 Å². The fourth-order valence-electron chi connectivity index (χ4n) is 1.33. The lowest BCUT2D eigenvalue weighted by molar-refractivity contribution is 0.417. The highest BCUT2D eigenvalue weighted by Gasteiger charge is 2.26. The molecule has 0 atom stereocenters. The average Bonchev–Trinajstić information content (AvgIpc) is 1.98. The molecule has 1 aromatic carbocycles. The van der Waals surface area contributed by atoms with Crippen molar-refractivity contribution < 1.29 is 9.50 Å². The van der Waals surface area contributed by atoms with E-state index in [2.05, 4.69) is 15.9 Å². The van der Waals surface area contributed by atoms with Gasteiger partial charge in [-0.25, -0.2) is 4.39 Å². The Morgan fingerprint density at radius 3 is 2.43 bits per heavy atom. The maximum Gasteiger partial charge on any atom is 0.137 e. The zero-order chi connectivity index (χ0) is 11.1. The minimum Gasteiger partial charge on any atom is -0.506 e. The molecule has 0 aromatic heterocycles. The van der Waals surface area contributed by atoms with E-state index in [9.17, 15) is 9.50 Å². The number of hydrogen-bond acceptors (Lipinski definition) is 2. The third-order valence-corrected chi connectivity index (χ3v) is 2.62. The molecule has 0 heterocycles. The van der Waals surface area contributed by atoms with E-state index in [0.717, 1.165) is 0 Å². The monoisotopic (exact) mass is 261 g/mol. The zero-order valence-corrected chi connectivity index (χ0v) is 9.94. The van der Waals surface area contributed by atoms with Gasteiger partial charge in [-0.3, -0.25) is 0 Å². The van der Waals surface area contributed by atoms with Gasteiger partial charge in [0.15, 0.2) is 0 Å². The Bertz CT molecular complexity index is 345. The highest BCUT2D eigenvalue weighted by Crippen LogP contribution is 2.37. The van der Waals surface area contributed by atoms with Crippen molar-refractivity contribution in [3.8, 4) is 5.75 Å². The first-order valence-electron chi connectivity index (χ1n) is 4.22. The zero-order valence-electron chi connectivity index (χ0n) is 8.36. The molecule has 3 N–H and O–H groups in total. The Labute approximate surface area is 91.1 Å². The molecule has 0 amide bonds. The number of rotatable bonds is 1. The molecule has 0 fully saturated rings. The summed E-state index contributed by atoms with van der Waals surface area (Å²) >= 11 is 3.15. The molecule has 0 radical (unpaired) electrons. The number of hydrogen-bond donors (Lipinski definition) is 2. The Kier molecular flexibility index (Phi) is 2.88. The lowest BCUT2D eigenvalue weighted by atomic mass is 9.92. The second-order valence-corrected chi connectivity index (χ2v) is 4.79. The Morgan fingerprint density at radius 2 is 2.00 bits per heavy atom. The van der Waals surface area contributed by atoms with Gasteiger partial charge in [0, 0.05) is 5.54 Å². The van der Waals surface area contributed by atoms with Crippen molar-refractivity contribution in [1.82, 2.24) is 0 Å². The van der Waals surface area contributed by atoms with E-state index in [1.165, 1.54) is 6.07 Å². The van der Waals surface area contributed by atoms with Gasteiger partial charge in [-0.05, 0) is 48.3 Å². The Hall–Kier alpha value is -0.610. The molecule has 0 saturated carbocycles. The molecular weight excluding hydrogens is 249 g/mol. The Morgan fingerprint density at radius 1 is 1.50 bits per heavy atom. The van der Waals surface area contributed by atoms with Crippen LogP contribution in [0.2, 0.25) is 0 Å². The highest BCUT2D eigenvalue weighted by molar-refractivity contribution is 9.10. The molecule has 0 spiro atoms. The summed E-state index contributed by atoms with van der Waals surface area (Å²) in [4.78, 5) is 0. The summed E-state index contributed by atoms with van der Waals surface area (Å²) in [6.45, 7) is 4.93. The molecule has 0 aliphatic heterocycles. The molecule has 2 nitrogen and oxygen atoms in total. The first-order valence-corrected chi connectivity index (χ1v) is 5.01. The summed E-state index contributed by atoms with van der Waals surface area (Å²) in [6.07, 6.45) is 0. The van der Waals surface area contributed by atoms with Gasteiger partial charge in [0.05, 0.1) is 10.0 Å². The molecule has 1 rings (SSSR count). The molecular formula is C10H13BrFNO. The fourth-order valence-corrected chi connectivity index (χ4v) is 1.87. The first kappa shape index (κ1) is 11.5. The number of aromatic hydroxyl groups is 1. The summed E-state index contributed by atoms with van der Waals surface area (Å²) in [5, 5.41) is 9.67. The van der Waals surface area contributed by atoms with Crippen LogP contribution in [0.4, 0.5) is 4.39 Å². The van der Waals surface area contributed by atoms with Crippen LogP contribution in [0.3, 0.4) is 0 Å². The topological polar surface area (TPSA) is 46.2 Å². The van der Waals surface area contributed by atoms with Crippen LogP contribution in [0.1, 0.15) is 25.0 Å². The van der Waals surface area contributed by atoms with Crippen molar-refractivity contribution in [2.75, 3.05) is 0 Å². The molecule has 0 saturated heterocycles. The SMILES string of the molecule is Cc1cc(Br)c(O)c(C(C)(C)N)c1F. The molecule has 0 aliphatic rings. The molecule has 0 aliphatic carbocycles. The minimum atomic E-state index is -0.900. The largest absolute Gasteiger partial charge is 0.506 e.